The highest BCUT2D eigenvalue weighted by atomic mass is 14.6. The number of unbranched alkanes of at least 4 members (excludes halogenated alkanes) is 1. The topological polar surface area (TPSA) is 26.0 Å². The van der Waals surface area contributed by atoms with Crippen LogP contribution in [0.5, 0.6) is 0 Å². The van der Waals surface area contributed by atoms with Crippen molar-refractivity contribution in [2.75, 3.05) is 6.54 Å². The van der Waals surface area contributed by atoms with E-state index in [1.165, 1.54) is 70.6 Å². The van der Waals surface area contributed by atoms with Crippen LogP contribution in [-0.4, -0.2) is 6.54 Å². The Morgan fingerprint density at radius 3 is 2.41 bits per heavy atom. The van der Waals surface area contributed by atoms with Gasteiger partial charge in [-0.1, -0.05) is 53.4 Å². The van der Waals surface area contributed by atoms with Crippen molar-refractivity contribution in [2.24, 2.45) is 58.0 Å². The van der Waals surface area contributed by atoms with Crippen molar-refractivity contribution in [1.29, 1.82) is 0 Å². The van der Waals surface area contributed by atoms with Gasteiger partial charge >= 0.3 is 0 Å². The maximum atomic E-state index is 6.09. The van der Waals surface area contributed by atoms with E-state index in [1.807, 2.05) is 0 Å². The van der Waals surface area contributed by atoms with Crippen molar-refractivity contribution in [3.05, 3.63) is 0 Å². The fourth-order valence-corrected chi connectivity index (χ4v) is 9.32. The highest BCUT2D eigenvalue weighted by Crippen LogP contribution is 2.66. The van der Waals surface area contributed by atoms with E-state index in [9.17, 15) is 0 Å². The molecule has 0 amide bonds. The number of fused-ring (bicyclic) bond motifs is 5. The van der Waals surface area contributed by atoms with Crippen LogP contribution < -0.4 is 5.73 Å². The monoisotopic (exact) mass is 401 g/mol. The van der Waals surface area contributed by atoms with E-state index in [0.29, 0.717) is 10.8 Å². The van der Waals surface area contributed by atoms with Gasteiger partial charge in [0.25, 0.3) is 0 Å². The minimum atomic E-state index is 0.634. The zero-order valence-corrected chi connectivity index (χ0v) is 20.2. The summed E-state index contributed by atoms with van der Waals surface area (Å²) in [5.74, 6) is 6.80. The standard InChI is InChI=1S/C28H51N/c1-20(2)8-5-6-9-22-12-14-26-24-13-11-23-18-21(19-29)15-17-28(23,4)25(24)10-7-16-27(22,26)3/h20-26H,5-19,29H2,1-4H3/t21-,22+,23?,24+,25?,26?,27-,28+/m1/s1. The molecule has 3 unspecified atom stereocenters. The SMILES string of the molecule is CC(C)CCCC[C@H]1CCC2[C@H]3CCC4C[C@H](CN)CC[C@]4(C)C3CCC[C@@]21C. The first-order chi connectivity index (χ1) is 13.9. The summed E-state index contributed by atoms with van der Waals surface area (Å²) in [6.07, 6.45) is 21.0. The third-order valence-corrected chi connectivity index (χ3v) is 11.1. The van der Waals surface area contributed by atoms with Gasteiger partial charge in [-0.05, 0) is 123 Å². The number of nitrogens with two attached hydrogens (primary N) is 1. The van der Waals surface area contributed by atoms with Crippen molar-refractivity contribution in [3.63, 3.8) is 0 Å². The van der Waals surface area contributed by atoms with Gasteiger partial charge in [-0.3, -0.25) is 0 Å². The Morgan fingerprint density at radius 2 is 1.66 bits per heavy atom. The summed E-state index contributed by atoms with van der Waals surface area (Å²) in [7, 11) is 0. The van der Waals surface area contributed by atoms with E-state index in [4.69, 9.17) is 5.73 Å². The highest BCUT2D eigenvalue weighted by Gasteiger charge is 2.58. The molecule has 0 aromatic heterocycles. The highest BCUT2D eigenvalue weighted by molar-refractivity contribution is 5.07. The molecular formula is C28H51N. The van der Waals surface area contributed by atoms with Crippen molar-refractivity contribution in [1.82, 2.24) is 0 Å². The molecule has 8 atom stereocenters. The van der Waals surface area contributed by atoms with Gasteiger partial charge in [0.1, 0.15) is 0 Å². The van der Waals surface area contributed by atoms with Crippen molar-refractivity contribution < 1.29 is 0 Å². The van der Waals surface area contributed by atoms with Crippen LogP contribution in [0.2, 0.25) is 0 Å². The number of hydrogen-bond acceptors (Lipinski definition) is 1. The minimum Gasteiger partial charge on any atom is -0.330 e. The normalized spacial score (nSPS) is 47.4. The molecule has 4 rings (SSSR count). The van der Waals surface area contributed by atoms with Crippen LogP contribution >= 0.6 is 0 Å². The largest absolute Gasteiger partial charge is 0.330 e. The summed E-state index contributed by atoms with van der Waals surface area (Å²) in [6.45, 7) is 11.2. The lowest BCUT2D eigenvalue weighted by atomic mass is 9.48. The molecule has 0 aromatic carbocycles. The molecule has 4 saturated carbocycles. The molecule has 2 N–H and O–H groups in total. The zero-order valence-electron chi connectivity index (χ0n) is 20.2. The second-order valence-corrected chi connectivity index (χ2v) is 12.9. The van der Waals surface area contributed by atoms with Gasteiger partial charge in [0, 0.05) is 0 Å². The van der Waals surface area contributed by atoms with E-state index in [1.54, 1.807) is 19.3 Å². The summed E-state index contributed by atoms with van der Waals surface area (Å²) in [6, 6.07) is 0. The average Bonchev–Trinajstić information content (AvgIpc) is 2.92. The predicted molar refractivity (Wildman–Crippen MR) is 126 cm³/mol. The third kappa shape index (κ3) is 4.08. The fraction of sp³-hybridized carbons (Fsp3) is 1.00. The van der Waals surface area contributed by atoms with Crippen LogP contribution in [-0.2, 0) is 0 Å². The molecule has 4 aliphatic rings. The molecule has 4 aliphatic carbocycles. The van der Waals surface area contributed by atoms with E-state index < -0.39 is 0 Å². The second-order valence-electron chi connectivity index (χ2n) is 12.9. The summed E-state index contributed by atoms with van der Waals surface area (Å²) < 4.78 is 0. The lowest BCUT2D eigenvalue weighted by molar-refractivity contribution is -0.0752. The van der Waals surface area contributed by atoms with Crippen molar-refractivity contribution in [2.45, 2.75) is 118 Å². The van der Waals surface area contributed by atoms with Gasteiger partial charge in [-0.2, -0.15) is 0 Å². The first-order valence-electron chi connectivity index (χ1n) is 13.6. The molecular weight excluding hydrogens is 350 g/mol. The van der Waals surface area contributed by atoms with E-state index in [2.05, 4.69) is 27.7 Å². The van der Waals surface area contributed by atoms with Gasteiger partial charge in [-0.15, -0.1) is 0 Å². The molecule has 0 saturated heterocycles. The maximum Gasteiger partial charge on any atom is -0.00488 e. The summed E-state index contributed by atoms with van der Waals surface area (Å²) in [5, 5.41) is 0. The molecule has 0 aliphatic heterocycles. The molecule has 0 aromatic rings. The van der Waals surface area contributed by atoms with Gasteiger partial charge in [-0.25, -0.2) is 0 Å². The van der Waals surface area contributed by atoms with Crippen LogP contribution in [0.15, 0.2) is 0 Å². The lowest BCUT2D eigenvalue weighted by Crippen LogP contribution is -2.49. The van der Waals surface area contributed by atoms with Crippen LogP contribution in [0.3, 0.4) is 0 Å². The van der Waals surface area contributed by atoms with Gasteiger partial charge in [0.05, 0.1) is 0 Å². The molecule has 0 heterocycles. The van der Waals surface area contributed by atoms with Crippen molar-refractivity contribution >= 4 is 0 Å². The molecule has 29 heavy (non-hydrogen) atoms. The van der Waals surface area contributed by atoms with E-state index in [-0.39, 0.29) is 0 Å². The number of rotatable bonds is 6. The molecule has 1 nitrogen and oxygen atoms in total. The summed E-state index contributed by atoms with van der Waals surface area (Å²) in [4.78, 5) is 0. The van der Waals surface area contributed by atoms with Crippen molar-refractivity contribution in [3.8, 4) is 0 Å². The Bertz CT molecular complexity index is 540. The first-order valence-corrected chi connectivity index (χ1v) is 13.6. The molecule has 168 valence electrons. The lowest BCUT2D eigenvalue weighted by Gasteiger charge is -2.57. The Morgan fingerprint density at radius 1 is 0.862 bits per heavy atom. The smallest absolute Gasteiger partial charge is 0.00488 e. The molecule has 4 fully saturated rings. The van der Waals surface area contributed by atoms with E-state index >= 15 is 0 Å². The Balaban J connectivity index is 1.46. The van der Waals surface area contributed by atoms with E-state index in [0.717, 1.165) is 48.0 Å². The van der Waals surface area contributed by atoms with Gasteiger partial charge in [0.2, 0.25) is 0 Å². The molecule has 0 bridgehead atoms. The second kappa shape index (κ2) is 8.84. The Hall–Kier alpha value is -0.0400. The zero-order chi connectivity index (χ0) is 20.6. The number of hydrogen-bond donors (Lipinski definition) is 1. The summed E-state index contributed by atoms with van der Waals surface area (Å²) >= 11 is 0. The minimum absolute atomic E-state index is 0.634. The molecule has 1 heteroatoms. The molecule has 0 radical (unpaired) electrons. The van der Waals surface area contributed by atoms with Crippen LogP contribution in [0, 0.1) is 52.3 Å². The Kier molecular flexibility index (Phi) is 6.75. The van der Waals surface area contributed by atoms with Crippen LogP contribution in [0.4, 0.5) is 0 Å². The predicted octanol–water partition coefficient (Wildman–Crippen LogP) is 7.83. The molecule has 0 spiro atoms. The average molecular weight is 402 g/mol. The summed E-state index contributed by atoms with van der Waals surface area (Å²) in [5.41, 5.74) is 7.39. The fourth-order valence-electron chi connectivity index (χ4n) is 9.32. The maximum absolute atomic E-state index is 6.09. The van der Waals surface area contributed by atoms with Gasteiger partial charge < -0.3 is 5.73 Å². The van der Waals surface area contributed by atoms with Gasteiger partial charge in [0.15, 0.2) is 0 Å². The first kappa shape index (κ1) is 22.2. The third-order valence-electron chi connectivity index (χ3n) is 11.1. The van der Waals surface area contributed by atoms with Crippen LogP contribution in [0.25, 0.3) is 0 Å². The van der Waals surface area contributed by atoms with Crippen LogP contribution in [0.1, 0.15) is 118 Å². The quantitative estimate of drug-likeness (QED) is 0.451. The Labute approximate surface area is 182 Å².